The molecule has 0 unspecified atom stereocenters. The van der Waals surface area contributed by atoms with E-state index in [2.05, 4.69) is 15.4 Å². The van der Waals surface area contributed by atoms with E-state index in [9.17, 15) is 17.6 Å². The van der Waals surface area contributed by atoms with Crippen LogP contribution in [0.25, 0.3) is 16.7 Å². The van der Waals surface area contributed by atoms with Crippen LogP contribution >= 0.6 is 0 Å². The van der Waals surface area contributed by atoms with Gasteiger partial charge in [0, 0.05) is 12.3 Å². The van der Waals surface area contributed by atoms with Crippen molar-refractivity contribution in [2.75, 3.05) is 11.6 Å². The Bertz CT molecular complexity index is 1370. The molecule has 1 N–H and O–H groups in total. The monoisotopic (exact) mass is 441 g/mol. The van der Waals surface area contributed by atoms with Crippen molar-refractivity contribution in [1.82, 2.24) is 19.3 Å². The fourth-order valence-corrected chi connectivity index (χ4v) is 4.03. The number of nitrogens with one attached hydrogen (secondary N) is 1. The van der Waals surface area contributed by atoms with Gasteiger partial charge in [-0.15, -0.1) is 0 Å². The Morgan fingerprint density at radius 3 is 2.55 bits per heavy atom. The van der Waals surface area contributed by atoms with Gasteiger partial charge in [0.1, 0.15) is 29.8 Å². The molecule has 0 fully saturated rings. The molecule has 2 heterocycles. The lowest BCUT2D eigenvalue weighted by Gasteiger charge is -2.11. The Kier molecular flexibility index (Phi) is 5.32. The van der Waals surface area contributed by atoms with Crippen molar-refractivity contribution in [3.8, 4) is 5.69 Å². The van der Waals surface area contributed by atoms with Crippen molar-refractivity contribution >= 4 is 32.6 Å². The topological polar surface area (TPSA) is 98.9 Å². The van der Waals surface area contributed by atoms with E-state index < -0.39 is 9.84 Å². The van der Waals surface area contributed by atoms with Crippen molar-refractivity contribution in [2.24, 2.45) is 0 Å². The van der Waals surface area contributed by atoms with Crippen LogP contribution in [0.4, 0.5) is 10.2 Å². The van der Waals surface area contributed by atoms with E-state index in [1.165, 1.54) is 16.8 Å². The molecule has 0 aliphatic rings. The van der Waals surface area contributed by atoms with Crippen molar-refractivity contribution < 1.29 is 17.6 Å². The fourth-order valence-electron chi connectivity index (χ4n) is 3.34. The lowest BCUT2D eigenvalue weighted by Crippen LogP contribution is -2.22. The molecule has 0 aliphatic carbocycles. The van der Waals surface area contributed by atoms with E-state index in [-0.39, 0.29) is 24.0 Å². The zero-order valence-electron chi connectivity index (χ0n) is 16.9. The van der Waals surface area contributed by atoms with E-state index >= 15 is 0 Å². The quantitative estimate of drug-likeness (QED) is 0.496. The first-order valence-corrected chi connectivity index (χ1v) is 11.5. The third-order valence-corrected chi connectivity index (χ3v) is 5.38. The summed E-state index contributed by atoms with van der Waals surface area (Å²) in [4.78, 5) is 17.3. The number of halogens is 1. The second kappa shape index (κ2) is 7.95. The molecule has 160 valence electrons. The number of anilines is 1. The molecule has 0 atom stereocenters. The molecule has 8 nitrogen and oxygen atoms in total. The summed E-state index contributed by atoms with van der Waals surface area (Å²) in [6.45, 7) is 1.66. The van der Waals surface area contributed by atoms with E-state index in [4.69, 9.17) is 0 Å². The number of para-hydroxylation sites is 2. The number of imidazole rings is 1. The van der Waals surface area contributed by atoms with E-state index in [1.54, 1.807) is 54.0 Å². The highest BCUT2D eigenvalue weighted by molar-refractivity contribution is 7.89. The van der Waals surface area contributed by atoms with Crippen LogP contribution in [-0.2, 0) is 26.9 Å². The summed E-state index contributed by atoms with van der Waals surface area (Å²) in [7, 11) is -3.34. The van der Waals surface area contributed by atoms with Gasteiger partial charge in [0.2, 0.25) is 5.91 Å². The molecule has 0 spiro atoms. The number of hydrogen-bond acceptors (Lipinski definition) is 5. The third kappa shape index (κ3) is 4.64. The highest BCUT2D eigenvalue weighted by Gasteiger charge is 2.18. The van der Waals surface area contributed by atoms with Gasteiger partial charge in [-0.1, -0.05) is 12.1 Å². The first-order chi connectivity index (χ1) is 14.7. The van der Waals surface area contributed by atoms with E-state index in [1.807, 2.05) is 0 Å². The minimum Gasteiger partial charge on any atom is -0.318 e. The highest BCUT2D eigenvalue weighted by Crippen LogP contribution is 2.20. The normalized spacial score (nSPS) is 11.7. The zero-order valence-corrected chi connectivity index (χ0v) is 17.7. The van der Waals surface area contributed by atoms with Crippen LogP contribution in [0.1, 0.15) is 11.5 Å². The van der Waals surface area contributed by atoms with Crippen molar-refractivity contribution in [3.05, 3.63) is 71.9 Å². The summed E-state index contributed by atoms with van der Waals surface area (Å²) < 4.78 is 40.1. The number of aryl methyl sites for hydroxylation is 1. The number of amides is 1. The highest BCUT2D eigenvalue weighted by atomic mass is 32.2. The van der Waals surface area contributed by atoms with Crippen molar-refractivity contribution in [1.29, 1.82) is 0 Å². The average Bonchev–Trinajstić information content (AvgIpc) is 3.21. The van der Waals surface area contributed by atoms with Crippen molar-refractivity contribution in [2.45, 2.75) is 19.2 Å². The summed E-state index contributed by atoms with van der Waals surface area (Å²) in [6.07, 6.45) is 1.13. The smallest absolute Gasteiger partial charge is 0.245 e. The molecule has 2 aromatic carbocycles. The fraction of sp³-hybridized carbons (Fsp3) is 0.190. The second-order valence-electron chi connectivity index (χ2n) is 7.28. The number of benzene rings is 2. The molecule has 4 rings (SSSR count). The van der Waals surface area contributed by atoms with Crippen LogP contribution in [0.15, 0.2) is 54.6 Å². The second-order valence-corrected chi connectivity index (χ2v) is 9.42. The first kappa shape index (κ1) is 20.7. The van der Waals surface area contributed by atoms with Gasteiger partial charge in [-0.25, -0.2) is 22.5 Å². The lowest BCUT2D eigenvalue weighted by molar-refractivity contribution is -0.116. The number of fused-ring (bicyclic) bond motifs is 1. The predicted molar refractivity (Wildman–Crippen MR) is 115 cm³/mol. The summed E-state index contributed by atoms with van der Waals surface area (Å²) in [5.41, 5.74) is 2.54. The number of rotatable bonds is 6. The van der Waals surface area contributed by atoms with Gasteiger partial charge < -0.3 is 9.88 Å². The minimum atomic E-state index is -3.34. The van der Waals surface area contributed by atoms with Crippen LogP contribution < -0.4 is 5.32 Å². The summed E-state index contributed by atoms with van der Waals surface area (Å²) in [5.74, 6) is -0.309. The largest absolute Gasteiger partial charge is 0.318 e. The SMILES string of the molecule is Cc1cc(NC(=O)Cn2c(CS(C)(=O)=O)nc3ccccc32)n(-c2ccc(F)cc2)n1. The Hall–Kier alpha value is -3.53. The number of carbonyl (C=O) groups excluding carboxylic acids is 1. The molecule has 2 aromatic heterocycles. The van der Waals surface area contributed by atoms with E-state index in [0.29, 0.717) is 34.1 Å². The molecule has 0 radical (unpaired) electrons. The molecular formula is C21H20FN5O3S. The van der Waals surface area contributed by atoms with Gasteiger partial charge >= 0.3 is 0 Å². The molecule has 1 amide bonds. The summed E-state index contributed by atoms with van der Waals surface area (Å²) >= 11 is 0. The number of aromatic nitrogens is 4. The van der Waals surface area contributed by atoms with Gasteiger partial charge in [-0.05, 0) is 43.3 Å². The number of nitrogens with zero attached hydrogens (tertiary/aromatic N) is 4. The maximum absolute atomic E-state index is 13.3. The van der Waals surface area contributed by atoms with Gasteiger partial charge in [-0.3, -0.25) is 4.79 Å². The van der Waals surface area contributed by atoms with Gasteiger partial charge in [0.25, 0.3) is 0 Å². The molecular weight excluding hydrogens is 421 g/mol. The van der Waals surface area contributed by atoms with Gasteiger partial charge in [-0.2, -0.15) is 5.10 Å². The number of carbonyl (C=O) groups is 1. The molecule has 31 heavy (non-hydrogen) atoms. The van der Waals surface area contributed by atoms with E-state index in [0.717, 1.165) is 6.26 Å². The van der Waals surface area contributed by atoms with Crippen LogP contribution in [-0.4, -0.2) is 39.9 Å². The number of hydrogen-bond donors (Lipinski definition) is 1. The first-order valence-electron chi connectivity index (χ1n) is 9.44. The van der Waals surface area contributed by atoms with Crippen molar-refractivity contribution in [3.63, 3.8) is 0 Å². The third-order valence-electron chi connectivity index (χ3n) is 4.60. The Morgan fingerprint density at radius 2 is 1.84 bits per heavy atom. The Labute approximate surface area is 178 Å². The van der Waals surface area contributed by atoms with Crippen LogP contribution in [0.3, 0.4) is 0 Å². The standard InChI is InChI=1S/C21H20FN5O3S/c1-14-11-19(27(25-14)16-9-7-15(22)8-10-16)24-21(28)12-26-18-6-4-3-5-17(18)23-20(26)13-31(2,29)30/h3-11H,12-13H2,1-2H3,(H,24,28). The molecule has 0 saturated carbocycles. The molecule has 0 aliphatic heterocycles. The van der Waals surface area contributed by atoms with Gasteiger partial charge in [0.15, 0.2) is 9.84 Å². The maximum atomic E-state index is 13.3. The minimum absolute atomic E-state index is 0.126. The summed E-state index contributed by atoms with van der Waals surface area (Å²) in [5, 5.41) is 7.16. The lowest BCUT2D eigenvalue weighted by atomic mass is 10.3. The van der Waals surface area contributed by atoms with Crippen LogP contribution in [0, 0.1) is 12.7 Å². The molecule has 10 heteroatoms. The van der Waals surface area contributed by atoms with Gasteiger partial charge in [0.05, 0.1) is 22.4 Å². The zero-order chi connectivity index (χ0) is 22.2. The maximum Gasteiger partial charge on any atom is 0.245 e. The Balaban J connectivity index is 1.64. The van der Waals surface area contributed by atoms with Crippen LogP contribution in [0.2, 0.25) is 0 Å². The molecule has 0 saturated heterocycles. The molecule has 4 aromatic rings. The average molecular weight is 441 g/mol. The Morgan fingerprint density at radius 1 is 1.13 bits per heavy atom. The molecule has 0 bridgehead atoms. The van der Waals surface area contributed by atoms with Crippen LogP contribution in [0.5, 0.6) is 0 Å². The predicted octanol–water partition coefficient (Wildman–Crippen LogP) is 2.85. The summed E-state index contributed by atoms with van der Waals surface area (Å²) in [6, 6.07) is 14.6. The number of sulfone groups is 1.